The van der Waals surface area contributed by atoms with Crippen LogP contribution in [0.5, 0.6) is 0 Å². The van der Waals surface area contributed by atoms with Crippen molar-refractivity contribution in [2.24, 2.45) is 0 Å². The second-order valence-corrected chi connectivity index (χ2v) is 5.04. The molecule has 0 unspecified atom stereocenters. The average Bonchev–Trinajstić information content (AvgIpc) is 2.37. The smallest absolute Gasteiger partial charge is 0.303 e. The number of anilines is 1. The number of aliphatic carboxylic acids is 1. The molecule has 0 bridgehead atoms. The normalized spacial score (nSPS) is 10.4. The Labute approximate surface area is 123 Å². The summed E-state index contributed by atoms with van der Waals surface area (Å²) >= 11 is 0. The van der Waals surface area contributed by atoms with Gasteiger partial charge in [-0.3, -0.25) is 14.4 Å². The van der Waals surface area contributed by atoms with E-state index in [9.17, 15) is 14.4 Å². The molecule has 114 valence electrons. The third kappa shape index (κ3) is 6.67. The molecule has 0 aromatic heterocycles. The number of carbonyl (C=O) groups is 3. The first-order valence-electron chi connectivity index (χ1n) is 6.68. The van der Waals surface area contributed by atoms with E-state index in [1.807, 2.05) is 14.1 Å². The summed E-state index contributed by atoms with van der Waals surface area (Å²) in [5, 5.41) is 11.2. The van der Waals surface area contributed by atoms with Gasteiger partial charge in [0, 0.05) is 24.1 Å². The highest BCUT2D eigenvalue weighted by molar-refractivity contribution is 5.99. The van der Waals surface area contributed by atoms with Crippen molar-refractivity contribution in [3.8, 4) is 0 Å². The maximum Gasteiger partial charge on any atom is 0.303 e. The predicted octanol–water partition coefficient (Wildman–Crippen LogP) is 1.62. The number of carboxylic acids is 1. The van der Waals surface area contributed by atoms with E-state index in [0.29, 0.717) is 24.2 Å². The first-order chi connectivity index (χ1) is 9.88. The van der Waals surface area contributed by atoms with Gasteiger partial charge in [0.1, 0.15) is 0 Å². The quantitative estimate of drug-likeness (QED) is 0.711. The lowest BCUT2D eigenvalue weighted by Gasteiger charge is -2.10. The fraction of sp³-hybridized carbons (Fsp3) is 0.400. The van der Waals surface area contributed by atoms with Gasteiger partial charge in [-0.2, -0.15) is 0 Å². The van der Waals surface area contributed by atoms with Crippen LogP contribution in [0.15, 0.2) is 24.3 Å². The molecule has 0 radical (unpaired) electrons. The summed E-state index contributed by atoms with van der Waals surface area (Å²) in [5.41, 5.74) is 1.08. The van der Waals surface area contributed by atoms with Crippen molar-refractivity contribution in [1.29, 1.82) is 0 Å². The SMILES string of the molecule is CN(C)CC(=O)c1cccc(NC(=O)CCCC(=O)O)c1. The molecule has 1 rings (SSSR count). The summed E-state index contributed by atoms with van der Waals surface area (Å²) in [4.78, 5) is 35.7. The van der Waals surface area contributed by atoms with Crippen molar-refractivity contribution in [3.63, 3.8) is 0 Å². The zero-order valence-corrected chi connectivity index (χ0v) is 12.3. The van der Waals surface area contributed by atoms with Gasteiger partial charge in [-0.15, -0.1) is 0 Å². The Morgan fingerprint density at radius 2 is 1.90 bits per heavy atom. The van der Waals surface area contributed by atoms with Gasteiger partial charge >= 0.3 is 5.97 Å². The summed E-state index contributed by atoms with van der Waals surface area (Å²) in [6.45, 7) is 0.302. The van der Waals surface area contributed by atoms with Crippen LogP contribution in [0.3, 0.4) is 0 Å². The number of hydrogen-bond acceptors (Lipinski definition) is 4. The molecule has 6 heteroatoms. The minimum absolute atomic E-state index is 0.0259. The molecule has 1 aromatic rings. The molecule has 0 saturated carbocycles. The van der Waals surface area contributed by atoms with Gasteiger partial charge in [-0.1, -0.05) is 12.1 Å². The molecule has 0 aliphatic heterocycles. The second kappa shape index (κ2) is 8.16. The van der Waals surface area contributed by atoms with E-state index in [1.54, 1.807) is 29.2 Å². The maximum absolute atomic E-state index is 11.9. The van der Waals surface area contributed by atoms with Crippen molar-refractivity contribution in [1.82, 2.24) is 4.90 Å². The van der Waals surface area contributed by atoms with Gasteiger partial charge in [0.05, 0.1) is 6.54 Å². The van der Waals surface area contributed by atoms with Gasteiger partial charge in [-0.05, 0) is 32.6 Å². The van der Waals surface area contributed by atoms with Crippen LogP contribution in [-0.2, 0) is 9.59 Å². The molecule has 0 aliphatic rings. The number of carbonyl (C=O) groups excluding carboxylic acids is 2. The monoisotopic (exact) mass is 292 g/mol. The number of Topliss-reactive ketones (excluding diaryl/α,β-unsaturated/α-hetero) is 1. The van der Waals surface area contributed by atoms with Gasteiger partial charge < -0.3 is 15.3 Å². The van der Waals surface area contributed by atoms with Crippen LogP contribution in [0.2, 0.25) is 0 Å². The number of carboxylic acid groups (broad SMARTS) is 1. The first kappa shape index (κ1) is 16.8. The Balaban J connectivity index is 2.58. The Hall–Kier alpha value is -2.21. The standard InChI is InChI=1S/C15H20N2O4/c1-17(2)10-13(18)11-5-3-6-12(9-11)16-14(19)7-4-8-15(20)21/h3,5-6,9H,4,7-8,10H2,1-2H3,(H,16,19)(H,20,21). The molecule has 0 saturated heterocycles. The molecule has 0 heterocycles. The molecule has 6 nitrogen and oxygen atoms in total. The summed E-state index contributed by atoms with van der Waals surface area (Å²) < 4.78 is 0. The van der Waals surface area contributed by atoms with Crippen LogP contribution in [0, 0.1) is 0 Å². The Bertz CT molecular complexity index is 526. The lowest BCUT2D eigenvalue weighted by molar-refractivity contribution is -0.137. The van der Waals surface area contributed by atoms with E-state index >= 15 is 0 Å². The molecule has 0 spiro atoms. The van der Waals surface area contributed by atoms with Crippen LogP contribution in [-0.4, -0.2) is 48.3 Å². The first-order valence-corrected chi connectivity index (χ1v) is 6.68. The summed E-state index contributed by atoms with van der Waals surface area (Å²) in [6, 6.07) is 6.73. The maximum atomic E-state index is 11.9. The summed E-state index contributed by atoms with van der Waals surface area (Å²) in [6.07, 6.45) is 0.400. The minimum atomic E-state index is -0.918. The molecular weight excluding hydrogens is 272 g/mol. The minimum Gasteiger partial charge on any atom is -0.481 e. The van der Waals surface area contributed by atoms with E-state index in [1.165, 1.54) is 0 Å². The number of benzene rings is 1. The molecule has 1 aromatic carbocycles. The highest BCUT2D eigenvalue weighted by Gasteiger charge is 2.09. The van der Waals surface area contributed by atoms with Gasteiger partial charge in [-0.25, -0.2) is 0 Å². The Kier molecular flexibility index (Phi) is 6.55. The third-order valence-corrected chi connectivity index (χ3v) is 2.72. The highest BCUT2D eigenvalue weighted by Crippen LogP contribution is 2.12. The number of likely N-dealkylation sites (N-methyl/N-ethyl adjacent to an activating group) is 1. The zero-order valence-electron chi connectivity index (χ0n) is 12.3. The summed E-state index contributed by atoms with van der Waals surface area (Å²) in [5.74, 6) is -1.20. The zero-order chi connectivity index (χ0) is 15.8. The number of hydrogen-bond donors (Lipinski definition) is 2. The second-order valence-electron chi connectivity index (χ2n) is 5.04. The lowest BCUT2D eigenvalue weighted by atomic mass is 10.1. The van der Waals surface area contributed by atoms with Crippen LogP contribution in [0.25, 0.3) is 0 Å². The van der Waals surface area contributed by atoms with Crippen LogP contribution < -0.4 is 5.32 Å². The number of nitrogens with zero attached hydrogens (tertiary/aromatic N) is 1. The van der Waals surface area contributed by atoms with E-state index < -0.39 is 5.97 Å². The fourth-order valence-corrected chi connectivity index (χ4v) is 1.77. The topological polar surface area (TPSA) is 86.7 Å². The van der Waals surface area contributed by atoms with E-state index in [4.69, 9.17) is 5.11 Å². The molecule has 21 heavy (non-hydrogen) atoms. The van der Waals surface area contributed by atoms with Crippen LogP contribution in [0.4, 0.5) is 5.69 Å². The van der Waals surface area contributed by atoms with Gasteiger partial charge in [0.15, 0.2) is 5.78 Å². The largest absolute Gasteiger partial charge is 0.481 e. The fourth-order valence-electron chi connectivity index (χ4n) is 1.77. The lowest BCUT2D eigenvalue weighted by Crippen LogP contribution is -2.21. The van der Waals surface area contributed by atoms with Crippen molar-refractivity contribution in [2.45, 2.75) is 19.3 Å². The van der Waals surface area contributed by atoms with E-state index in [0.717, 1.165) is 0 Å². The van der Waals surface area contributed by atoms with Gasteiger partial charge in [0.2, 0.25) is 5.91 Å². The summed E-state index contributed by atoms with van der Waals surface area (Å²) in [7, 11) is 3.62. The Morgan fingerprint density at radius 1 is 1.19 bits per heavy atom. The van der Waals surface area contributed by atoms with E-state index in [2.05, 4.69) is 5.32 Å². The van der Waals surface area contributed by atoms with Crippen LogP contribution in [0.1, 0.15) is 29.6 Å². The number of amides is 1. The van der Waals surface area contributed by atoms with Gasteiger partial charge in [0.25, 0.3) is 0 Å². The predicted molar refractivity (Wildman–Crippen MR) is 79.4 cm³/mol. The molecule has 2 N–H and O–H groups in total. The van der Waals surface area contributed by atoms with Crippen molar-refractivity contribution >= 4 is 23.3 Å². The van der Waals surface area contributed by atoms with Crippen LogP contribution >= 0.6 is 0 Å². The molecule has 0 atom stereocenters. The molecule has 0 fully saturated rings. The van der Waals surface area contributed by atoms with Crippen molar-refractivity contribution in [3.05, 3.63) is 29.8 Å². The number of rotatable bonds is 8. The number of ketones is 1. The average molecular weight is 292 g/mol. The molecule has 1 amide bonds. The van der Waals surface area contributed by atoms with Crippen molar-refractivity contribution in [2.75, 3.05) is 26.0 Å². The van der Waals surface area contributed by atoms with Crippen molar-refractivity contribution < 1.29 is 19.5 Å². The highest BCUT2D eigenvalue weighted by atomic mass is 16.4. The molecule has 0 aliphatic carbocycles. The number of nitrogens with one attached hydrogen (secondary N) is 1. The molecular formula is C15H20N2O4. The Morgan fingerprint density at radius 3 is 2.52 bits per heavy atom. The third-order valence-electron chi connectivity index (χ3n) is 2.72. The van der Waals surface area contributed by atoms with E-state index in [-0.39, 0.29) is 24.5 Å².